The number of alkyl carbamates (subject to hydrolysis) is 1. The smallest absolute Gasteiger partial charge is 0.407 e. The Balaban J connectivity index is 5.56. The van der Waals surface area contributed by atoms with Gasteiger partial charge in [-0.15, -0.1) is 0 Å². The fourth-order valence-corrected chi connectivity index (χ4v) is 6.48. The Morgan fingerprint density at radius 3 is 1.09 bits per heavy atom. The molecule has 0 unspecified atom stereocenters. The summed E-state index contributed by atoms with van der Waals surface area (Å²) in [5.41, 5.74) is 4.59. The topological polar surface area (TPSA) is 338 Å². The fraction of sp³-hybridized carbons (Fsp3) is 0.783. The molecule has 69 heavy (non-hydrogen) atoms. The van der Waals surface area contributed by atoms with Crippen LogP contribution in [0, 0.1) is 23.7 Å². The van der Waals surface area contributed by atoms with E-state index in [1.807, 2.05) is 55.4 Å². The van der Waals surface area contributed by atoms with Gasteiger partial charge in [0.05, 0.1) is 0 Å². The normalized spacial score (nSPS) is 15.4. The van der Waals surface area contributed by atoms with Gasteiger partial charge in [-0.2, -0.15) is 0 Å². The fourth-order valence-electron chi connectivity index (χ4n) is 6.48. The Labute approximate surface area is 408 Å². The minimum Gasteiger partial charge on any atom is -0.444 e. The SMILES string of the molecule is CC(C)C[C@@H](CNC(=O)N[C@@H](C)C(=O)N[C@@H](CC(C)C)C(=O)N[C@@H](C)C(=O)N[C@@H](CC(C)C)C(=O)N[C@@H](C)C(=O)N[C@@H](CC(C)C)C(=O)N[C@@H](C)C(N)=O)NC(=O)NC[C@H](C)NC(=O)OC(C)(C)C. The Morgan fingerprint density at radius 2 is 0.739 bits per heavy atom. The molecule has 0 rings (SSSR count). The zero-order chi connectivity index (χ0) is 53.5. The molecule has 0 heterocycles. The molecular weight excluding hydrogens is 897 g/mol. The summed E-state index contributed by atoms with van der Waals surface area (Å²) in [4.78, 5) is 129. The predicted molar refractivity (Wildman–Crippen MR) is 261 cm³/mol. The highest BCUT2D eigenvalue weighted by atomic mass is 16.6. The summed E-state index contributed by atoms with van der Waals surface area (Å²) < 4.78 is 5.24. The van der Waals surface area contributed by atoms with Crippen LogP contribution < -0.4 is 64.2 Å². The Hall–Kier alpha value is -5.90. The number of amides is 12. The number of nitrogens with one attached hydrogen (secondary N) is 11. The largest absolute Gasteiger partial charge is 0.444 e. The van der Waals surface area contributed by atoms with Crippen LogP contribution in [0.1, 0.15) is 136 Å². The Kier molecular flexibility index (Phi) is 27.9. The summed E-state index contributed by atoms with van der Waals surface area (Å²) in [6.45, 7) is 27.6. The molecule has 0 aromatic heterocycles. The van der Waals surface area contributed by atoms with E-state index in [0.717, 1.165) is 0 Å². The summed E-state index contributed by atoms with van der Waals surface area (Å²) in [6.07, 6.45) is 0.462. The molecule has 0 aliphatic carbocycles. The number of rotatable bonds is 28. The van der Waals surface area contributed by atoms with Gasteiger partial charge in [-0.25, -0.2) is 14.4 Å². The average molecular weight is 983 g/mol. The maximum absolute atomic E-state index is 13.6. The summed E-state index contributed by atoms with van der Waals surface area (Å²) in [5.74, 6) is -4.88. The number of hydrogen-bond acceptors (Lipinski definition) is 11. The van der Waals surface area contributed by atoms with E-state index in [4.69, 9.17) is 10.5 Å². The van der Waals surface area contributed by atoms with Crippen LogP contribution in [0.15, 0.2) is 0 Å². The van der Waals surface area contributed by atoms with Gasteiger partial charge in [0.2, 0.25) is 41.4 Å². The molecule has 0 aromatic carbocycles. The van der Waals surface area contributed by atoms with Gasteiger partial charge in [-0.1, -0.05) is 55.4 Å². The molecule has 0 aliphatic heterocycles. The second-order valence-electron chi connectivity index (χ2n) is 20.5. The second-order valence-corrected chi connectivity index (χ2v) is 20.5. The van der Waals surface area contributed by atoms with E-state index in [1.165, 1.54) is 27.7 Å². The predicted octanol–water partition coefficient (Wildman–Crippen LogP) is 0.893. The highest BCUT2D eigenvalue weighted by Crippen LogP contribution is 2.11. The van der Waals surface area contributed by atoms with E-state index in [1.54, 1.807) is 27.7 Å². The molecule has 13 N–H and O–H groups in total. The van der Waals surface area contributed by atoms with Crippen LogP contribution >= 0.6 is 0 Å². The van der Waals surface area contributed by atoms with Gasteiger partial charge in [0.15, 0.2) is 0 Å². The van der Waals surface area contributed by atoms with Crippen molar-refractivity contribution in [1.29, 1.82) is 0 Å². The lowest BCUT2D eigenvalue weighted by Gasteiger charge is -2.27. The number of nitrogens with two attached hydrogens (primary N) is 1. The molecule has 0 saturated carbocycles. The third kappa shape index (κ3) is 28.3. The van der Waals surface area contributed by atoms with Crippen LogP contribution in [-0.4, -0.2) is 133 Å². The molecule has 9 atom stereocenters. The molecule has 0 aromatic rings. The molecule has 12 amide bonds. The number of carbonyl (C=O) groups excluding carboxylic acids is 10. The van der Waals surface area contributed by atoms with Crippen molar-refractivity contribution >= 4 is 59.5 Å². The lowest BCUT2D eigenvalue weighted by molar-refractivity contribution is -0.135. The van der Waals surface area contributed by atoms with Crippen molar-refractivity contribution in [3.8, 4) is 0 Å². The Morgan fingerprint density at radius 1 is 0.406 bits per heavy atom. The van der Waals surface area contributed by atoms with E-state index in [-0.39, 0.29) is 56.0 Å². The first-order chi connectivity index (χ1) is 31.7. The van der Waals surface area contributed by atoms with Gasteiger partial charge in [0.1, 0.15) is 47.9 Å². The van der Waals surface area contributed by atoms with Crippen molar-refractivity contribution in [2.75, 3.05) is 13.1 Å². The lowest BCUT2D eigenvalue weighted by Crippen LogP contribution is -2.59. The first-order valence-corrected chi connectivity index (χ1v) is 23.9. The third-order valence-electron chi connectivity index (χ3n) is 9.98. The van der Waals surface area contributed by atoms with Crippen LogP contribution in [0.4, 0.5) is 14.4 Å². The third-order valence-corrected chi connectivity index (χ3v) is 9.98. The summed E-state index contributed by atoms with van der Waals surface area (Å²) in [5, 5.41) is 28.9. The number of urea groups is 2. The van der Waals surface area contributed by atoms with Gasteiger partial charge < -0.3 is 69.0 Å². The minimum absolute atomic E-state index is 0.0169. The monoisotopic (exact) mass is 983 g/mol. The molecule has 0 aliphatic rings. The highest BCUT2D eigenvalue weighted by molar-refractivity contribution is 5.97. The molecule has 0 bridgehead atoms. The van der Waals surface area contributed by atoms with Crippen molar-refractivity contribution in [2.45, 2.75) is 196 Å². The second kappa shape index (κ2) is 30.6. The summed E-state index contributed by atoms with van der Waals surface area (Å²) >= 11 is 0. The van der Waals surface area contributed by atoms with Gasteiger partial charge in [-0.05, 0) is 105 Å². The van der Waals surface area contributed by atoms with Crippen molar-refractivity contribution in [3.63, 3.8) is 0 Å². The molecule has 0 saturated heterocycles. The van der Waals surface area contributed by atoms with Crippen molar-refractivity contribution in [2.24, 2.45) is 29.4 Å². The first-order valence-electron chi connectivity index (χ1n) is 23.9. The van der Waals surface area contributed by atoms with E-state index in [0.29, 0.717) is 6.42 Å². The van der Waals surface area contributed by atoms with Gasteiger partial charge in [0.25, 0.3) is 0 Å². The van der Waals surface area contributed by atoms with E-state index in [2.05, 4.69) is 58.5 Å². The van der Waals surface area contributed by atoms with Crippen LogP contribution in [-0.2, 0) is 38.3 Å². The zero-order valence-corrected chi connectivity index (χ0v) is 43.8. The highest BCUT2D eigenvalue weighted by Gasteiger charge is 2.32. The van der Waals surface area contributed by atoms with Gasteiger partial charge in [0, 0.05) is 25.2 Å². The molecule has 0 fully saturated rings. The van der Waals surface area contributed by atoms with Crippen LogP contribution in [0.3, 0.4) is 0 Å². The molecule has 0 spiro atoms. The number of carbonyl (C=O) groups is 10. The maximum Gasteiger partial charge on any atom is 0.407 e. The molecule has 0 radical (unpaired) electrons. The number of ether oxygens (including phenoxy) is 1. The van der Waals surface area contributed by atoms with E-state index < -0.39 is 119 Å². The molecular formula is C46H86N12O11. The molecule has 23 heteroatoms. The quantitative estimate of drug-likeness (QED) is 0.0523. The van der Waals surface area contributed by atoms with E-state index in [9.17, 15) is 47.9 Å². The summed E-state index contributed by atoms with van der Waals surface area (Å²) in [7, 11) is 0. The number of primary amides is 1. The van der Waals surface area contributed by atoms with Crippen molar-refractivity contribution in [3.05, 3.63) is 0 Å². The maximum atomic E-state index is 13.6. The summed E-state index contributed by atoms with van der Waals surface area (Å²) in [6, 6.07) is -9.84. The first kappa shape index (κ1) is 63.1. The molecule has 396 valence electrons. The van der Waals surface area contributed by atoms with Crippen LogP contribution in [0.2, 0.25) is 0 Å². The minimum atomic E-state index is -1.18. The average Bonchev–Trinajstić information content (AvgIpc) is 3.19. The van der Waals surface area contributed by atoms with Crippen LogP contribution in [0.25, 0.3) is 0 Å². The standard InChI is InChI=1S/C46H86N12O11/c1-23(2)17-32(55-44(67)48-21-27(9)50-45(68)69-46(14,15)16)22-49-43(66)54-31(13)39(62)58-35(20-26(7)8)42(65)53-30(12)38(61)57-34(19-25(5)6)41(64)52-29(11)37(60)56-33(18-24(3)4)40(63)51-28(10)36(47)59/h23-35H,17-22H2,1-16H3,(H2,47,59)(H,50,68)(H,51,63)(H,52,64)(H,53,65)(H,56,60)(H,57,61)(H,58,62)(H2,48,55,67)(H2,49,54,66)/t27-,28-,29-,30-,31-,32-,33-,34-,35-/m0/s1. The van der Waals surface area contributed by atoms with Crippen LogP contribution in [0.5, 0.6) is 0 Å². The van der Waals surface area contributed by atoms with Gasteiger partial charge >= 0.3 is 18.2 Å². The zero-order valence-electron chi connectivity index (χ0n) is 43.8. The van der Waals surface area contributed by atoms with Crippen molar-refractivity contribution < 1.29 is 52.7 Å². The molecule has 23 nitrogen and oxygen atoms in total. The Bertz CT molecular complexity index is 1740. The van der Waals surface area contributed by atoms with Crippen molar-refractivity contribution in [1.82, 2.24) is 58.5 Å². The number of hydrogen-bond donors (Lipinski definition) is 12. The van der Waals surface area contributed by atoms with Gasteiger partial charge in [-0.3, -0.25) is 33.6 Å². The van der Waals surface area contributed by atoms with E-state index >= 15 is 0 Å². The lowest BCUT2D eigenvalue weighted by atomic mass is 10.0.